The van der Waals surface area contributed by atoms with Crippen LogP contribution < -0.4 is 11.0 Å². The molecule has 0 aliphatic carbocycles. The normalized spacial score (nSPS) is 14.2. The molecule has 2 heterocycles. The van der Waals surface area contributed by atoms with Gasteiger partial charge < -0.3 is 20.2 Å². The molecule has 1 fully saturated rings. The summed E-state index contributed by atoms with van der Waals surface area (Å²) in [5.74, 6) is -0.0783. The number of carbonyl (C=O) groups excluding carboxylic acids is 2. The van der Waals surface area contributed by atoms with E-state index >= 15 is 0 Å². The van der Waals surface area contributed by atoms with Crippen LogP contribution in [0.3, 0.4) is 0 Å². The number of H-pyrrole nitrogens is 2. The van der Waals surface area contributed by atoms with Crippen molar-refractivity contribution in [3.63, 3.8) is 0 Å². The van der Waals surface area contributed by atoms with E-state index in [2.05, 4.69) is 15.3 Å². The van der Waals surface area contributed by atoms with Crippen molar-refractivity contribution >= 4 is 28.5 Å². The Labute approximate surface area is 149 Å². The first-order valence-corrected chi connectivity index (χ1v) is 8.48. The molecule has 1 aliphatic rings. The summed E-state index contributed by atoms with van der Waals surface area (Å²) in [6.45, 7) is 1.29. The fourth-order valence-corrected chi connectivity index (χ4v) is 3.22. The van der Waals surface area contributed by atoms with Crippen LogP contribution in [-0.4, -0.2) is 33.2 Å². The van der Waals surface area contributed by atoms with E-state index in [0.29, 0.717) is 35.2 Å². The Morgan fingerprint density at radius 3 is 2.73 bits per heavy atom. The van der Waals surface area contributed by atoms with Gasteiger partial charge >= 0.3 is 5.69 Å². The fourth-order valence-electron chi connectivity index (χ4n) is 3.22. The number of benzene rings is 2. The van der Waals surface area contributed by atoms with Crippen molar-refractivity contribution in [2.75, 3.05) is 11.9 Å². The molecule has 0 radical (unpaired) electrons. The molecule has 1 aliphatic heterocycles. The van der Waals surface area contributed by atoms with Crippen molar-refractivity contribution in [1.82, 2.24) is 14.9 Å². The zero-order chi connectivity index (χ0) is 18.1. The van der Waals surface area contributed by atoms with Gasteiger partial charge in [0.25, 0.3) is 5.91 Å². The molecule has 0 saturated carbocycles. The molecule has 7 nitrogen and oxygen atoms in total. The van der Waals surface area contributed by atoms with Crippen LogP contribution in [0.2, 0.25) is 0 Å². The van der Waals surface area contributed by atoms with Gasteiger partial charge in [-0.1, -0.05) is 12.1 Å². The fraction of sp³-hybridized carbons (Fsp3) is 0.211. The number of amides is 2. The highest BCUT2D eigenvalue weighted by Gasteiger charge is 2.20. The summed E-state index contributed by atoms with van der Waals surface area (Å²) in [5, 5.41) is 2.83. The Morgan fingerprint density at radius 2 is 1.92 bits per heavy atom. The summed E-state index contributed by atoms with van der Waals surface area (Å²) >= 11 is 0. The molecule has 0 spiro atoms. The van der Waals surface area contributed by atoms with Crippen LogP contribution >= 0.6 is 0 Å². The number of likely N-dealkylation sites (tertiary alicyclic amines) is 1. The van der Waals surface area contributed by atoms with Gasteiger partial charge in [0.1, 0.15) is 0 Å². The van der Waals surface area contributed by atoms with Gasteiger partial charge in [-0.05, 0) is 42.3 Å². The first kappa shape index (κ1) is 16.1. The van der Waals surface area contributed by atoms with E-state index in [9.17, 15) is 14.4 Å². The molecule has 132 valence electrons. The predicted molar refractivity (Wildman–Crippen MR) is 98.0 cm³/mol. The Hall–Kier alpha value is -3.35. The third kappa shape index (κ3) is 3.23. The number of nitrogens with zero attached hydrogens (tertiary/aromatic N) is 1. The molecule has 0 unspecified atom stereocenters. The van der Waals surface area contributed by atoms with Crippen LogP contribution in [0.4, 0.5) is 5.69 Å². The largest absolute Gasteiger partial charge is 0.338 e. The SMILES string of the molecule is O=C(Nc1ccc2[nH]c(=O)[nH]c2c1)c1cccc(CN2CCCC2=O)c1. The first-order chi connectivity index (χ1) is 12.6. The van der Waals surface area contributed by atoms with Gasteiger partial charge in [0.2, 0.25) is 5.91 Å². The van der Waals surface area contributed by atoms with Crippen molar-refractivity contribution in [3.8, 4) is 0 Å². The van der Waals surface area contributed by atoms with Crippen LogP contribution in [0, 0.1) is 0 Å². The second-order valence-electron chi connectivity index (χ2n) is 6.41. The van der Waals surface area contributed by atoms with E-state index < -0.39 is 0 Å². The number of anilines is 1. The van der Waals surface area contributed by atoms with E-state index in [4.69, 9.17) is 0 Å². The van der Waals surface area contributed by atoms with Crippen LogP contribution in [0.1, 0.15) is 28.8 Å². The molecule has 26 heavy (non-hydrogen) atoms. The van der Waals surface area contributed by atoms with Gasteiger partial charge in [-0.2, -0.15) is 0 Å². The van der Waals surface area contributed by atoms with E-state index in [1.807, 2.05) is 17.0 Å². The molecule has 3 aromatic rings. The summed E-state index contributed by atoms with van der Waals surface area (Å²) in [7, 11) is 0. The topological polar surface area (TPSA) is 98.1 Å². The van der Waals surface area contributed by atoms with Crippen LogP contribution in [-0.2, 0) is 11.3 Å². The molecular weight excluding hydrogens is 332 g/mol. The molecule has 1 aromatic heterocycles. The number of aromatic amines is 2. The van der Waals surface area contributed by atoms with E-state index in [1.54, 1.807) is 30.3 Å². The average Bonchev–Trinajstić information content (AvgIpc) is 3.19. The second-order valence-corrected chi connectivity index (χ2v) is 6.41. The molecule has 0 bridgehead atoms. The monoisotopic (exact) mass is 350 g/mol. The van der Waals surface area contributed by atoms with Gasteiger partial charge in [-0.3, -0.25) is 9.59 Å². The first-order valence-electron chi connectivity index (χ1n) is 8.48. The highest BCUT2D eigenvalue weighted by Crippen LogP contribution is 2.18. The number of nitrogens with one attached hydrogen (secondary N) is 3. The third-order valence-corrected chi connectivity index (χ3v) is 4.51. The maximum Gasteiger partial charge on any atom is 0.323 e. The summed E-state index contributed by atoms with van der Waals surface area (Å²) in [6, 6.07) is 12.4. The lowest BCUT2D eigenvalue weighted by molar-refractivity contribution is -0.128. The number of hydrogen-bond acceptors (Lipinski definition) is 3. The second kappa shape index (κ2) is 6.51. The van der Waals surface area contributed by atoms with Crippen molar-refractivity contribution in [1.29, 1.82) is 0 Å². The van der Waals surface area contributed by atoms with Crippen molar-refractivity contribution in [3.05, 3.63) is 64.1 Å². The zero-order valence-corrected chi connectivity index (χ0v) is 14.0. The third-order valence-electron chi connectivity index (χ3n) is 4.51. The molecule has 0 atom stereocenters. The minimum absolute atomic E-state index is 0.161. The number of rotatable bonds is 4. The van der Waals surface area contributed by atoms with Crippen molar-refractivity contribution < 1.29 is 9.59 Å². The van der Waals surface area contributed by atoms with Gasteiger partial charge in [0, 0.05) is 30.8 Å². The van der Waals surface area contributed by atoms with Crippen LogP contribution in [0.15, 0.2) is 47.3 Å². The van der Waals surface area contributed by atoms with Gasteiger partial charge in [0.15, 0.2) is 0 Å². The summed E-state index contributed by atoms with van der Waals surface area (Å²) in [4.78, 5) is 42.8. The molecule has 4 rings (SSSR count). The van der Waals surface area contributed by atoms with Crippen LogP contribution in [0.25, 0.3) is 11.0 Å². The molecular formula is C19H18N4O3. The van der Waals surface area contributed by atoms with Gasteiger partial charge in [-0.15, -0.1) is 0 Å². The van der Waals surface area contributed by atoms with E-state index in [0.717, 1.165) is 18.5 Å². The van der Waals surface area contributed by atoms with Crippen LogP contribution in [0.5, 0.6) is 0 Å². The summed E-state index contributed by atoms with van der Waals surface area (Å²) in [6.07, 6.45) is 1.49. The number of fused-ring (bicyclic) bond motifs is 1. The lowest BCUT2D eigenvalue weighted by Gasteiger charge is -2.16. The molecule has 2 aromatic carbocycles. The zero-order valence-electron chi connectivity index (χ0n) is 14.0. The smallest absolute Gasteiger partial charge is 0.323 e. The summed E-state index contributed by atoms with van der Waals surface area (Å²) < 4.78 is 0. The molecule has 3 N–H and O–H groups in total. The van der Waals surface area contributed by atoms with Gasteiger partial charge in [0.05, 0.1) is 11.0 Å². The Bertz CT molecular complexity index is 1050. The molecule has 1 saturated heterocycles. The highest BCUT2D eigenvalue weighted by molar-refractivity contribution is 6.05. The lowest BCUT2D eigenvalue weighted by Crippen LogP contribution is -2.24. The maximum atomic E-state index is 12.5. The Morgan fingerprint density at radius 1 is 1.08 bits per heavy atom. The minimum Gasteiger partial charge on any atom is -0.338 e. The standard InChI is InChI=1S/C19H18N4O3/c24-17-5-2-8-23(17)11-12-3-1-4-13(9-12)18(25)20-14-6-7-15-16(10-14)22-19(26)21-15/h1,3-4,6-7,9-10H,2,5,8,11H2,(H,20,25)(H2,21,22,26). The highest BCUT2D eigenvalue weighted by atomic mass is 16.2. The van der Waals surface area contributed by atoms with Crippen molar-refractivity contribution in [2.24, 2.45) is 0 Å². The number of imidazole rings is 1. The Kier molecular flexibility index (Phi) is 4.04. The molecule has 2 amide bonds. The maximum absolute atomic E-state index is 12.5. The number of hydrogen-bond donors (Lipinski definition) is 3. The van der Waals surface area contributed by atoms with E-state index in [1.165, 1.54) is 0 Å². The van der Waals surface area contributed by atoms with E-state index in [-0.39, 0.29) is 17.5 Å². The minimum atomic E-state index is -0.285. The van der Waals surface area contributed by atoms with Crippen molar-refractivity contribution in [2.45, 2.75) is 19.4 Å². The summed E-state index contributed by atoms with van der Waals surface area (Å²) in [5.41, 5.74) is 3.08. The van der Waals surface area contributed by atoms with Gasteiger partial charge in [-0.25, -0.2) is 4.79 Å². The quantitative estimate of drug-likeness (QED) is 0.673. The average molecular weight is 350 g/mol. The lowest BCUT2D eigenvalue weighted by atomic mass is 10.1. The Balaban J connectivity index is 1.50. The predicted octanol–water partition coefficient (Wildman–Crippen LogP) is 2.23. The molecule has 7 heteroatoms. The number of carbonyl (C=O) groups is 2. The number of aromatic nitrogens is 2.